The van der Waals surface area contributed by atoms with Crippen molar-refractivity contribution in [2.45, 2.75) is 33.8 Å². The van der Waals surface area contributed by atoms with Crippen molar-refractivity contribution in [1.29, 1.82) is 0 Å². The Morgan fingerprint density at radius 1 is 1.36 bits per heavy atom. The molecule has 0 spiro atoms. The molecule has 0 bridgehead atoms. The van der Waals surface area contributed by atoms with Gasteiger partial charge in [0.05, 0.1) is 17.4 Å². The fourth-order valence-corrected chi connectivity index (χ4v) is 2.04. The van der Waals surface area contributed by atoms with Crippen molar-refractivity contribution < 1.29 is 9.90 Å². The van der Waals surface area contributed by atoms with Crippen LogP contribution in [0.3, 0.4) is 0 Å². The maximum absolute atomic E-state index is 12.0. The second kappa shape index (κ2) is 6.70. The summed E-state index contributed by atoms with van der Waals surface area (Å²) in [4.78, 5) is 16.3. The van der Waals surface area contributed by atoms with Gasteiger partial charge in [-0.1, -0.05) is 13.8 Å². The molecule has 0 aliphatic heterocycles. The van der Waals surface area contributed by atoms with Crippen molar-refractivity contribution in [3.05, 3.63) is 41.3 Å². The van der Waals surface area contributed by atoms with Crippen LogP contribution in [-0.4, -0.2) is 38.4 Å². The van der Waals surface area contributed by atoms with Gasteiger partial charge in [0.15, 0.2) is 5.82 Å². The molecule has 1 unspecified atom stereocenters. The minimum atomic E-state index is -0.550. The van der Waals surface area contributed by atoms with E-state index in [-0.39, 0.29) is 18.4 Å². The summed E-state index contributed by atoms with van der Waals surface area (Å²) in [5, 5.41) is 16.8. The van der Waals surface area contributed by atoms with E-state index in [1.165, 1.54) is 6.20 Å². The lowest BCUT2D eigenvalue weighted by Gasteiger charge is -2.15. The van der Waals surface area contributed by atoms with Gasteiger partial charge < -0.3 is 10.4 Å². The highest BCUT2D eigenvalue weighted by Crippen LogP contribution is 2.10. The predicted octanol–water partition coefficient (Wildman–Crippen LogP) is 1.63. The number of aliphatic hydroxyl groups excluding tert-OH is 1. The average Bonchev–Trinajstić information content (AvgIpc) is 2.83. The fraction of sp³-hybridized carbons (Fsp3) is 0.438. The Morgan fingerprint density at radius 3 is 2.59 bits per heavy atom. The predicted molar refractivity (Wildman–Crippen MR) is 84.0 cm³/mol. The molecular weight excluding hydrogens is 280 g/mol. The Bertz CT molecular complexity index is 647. The van der Waals surface area contributed by atoms with Gasteiger partial charge >= 0.3 is 0 Å². The van der Waals surface area contributed by atoms with Gasteiger partial charge in [-0.2, -0.15) is 5.10 Å². The van der Waals surface area contributed by atoms with Crippen molar-refractivity contribution >= 4 is 5.91 Å². The van der Waals surface area contributed by atoms with Crippen molar-refractivity contribution in [3.8, 4) is 5.82 Å². The van der Waals surface area contributed by atoms with Gasteiger partial charge in [-0.3, -0.25) is 4.79 Å². The number of nitrogens with one attached hydrogen (secondary N) is 1. The molecule has 0 radical (unpaired) electrons. The molecule has 0 aliphatic rings. The Hall–Kier alpha value is -2.21. The van der Waals surface area contributed by atoms with Gasteiger partial charge in [0.1, 0.15) is 0 Å². The molecular formula is C16H22N4O2. The molecule has 0 aliphatic carbocycles. The SMILES string of the molecule is Cc1cc(C)n(-c2ccc(C(=O)NCC(O)C(C)C)cn2)n1. The average molecular weight is 302 g/mol. The van der Waals surface area contributed by atoms with Gasteiger partial charge in [-0.05, 0) is 38.0 Å². The zero-order valence-corrected chi connectivity index (χ0v) is 13.4. The zero-order valence-electron chi connectivity index (χ0n) is 13.4. The van der Waals surface area contributed by atoms with Gasteiger partial charge in [-0.15, -0.1) is 0 Å². The fourth-order valence-electron chi connectivity index (χ4n) is 2.04. The van der Waals surface area contributed by atoms with E-state index in [4.69, 9.17) is 0 Å². The van der Waals surface area contributed by atoms with Crippen molar-refractivity contribution in [1.82, 2.24) is 20.1 Å². The van der Waals surface area contributed by atoms with E-state index in [0.29, 0.717) is 11.4 Å². The van der Waals surface area contributed by atoms with E-state index in [2.05, 4.69) is 15.4 Å². The molecule has 2 N–H and O–H groups in total. The third-order valence-corrected chi connectivity index (χ3v) is 3.48. The number of amides is 1. The second-order valence-electron chi connectivity index (χ2n) is 5.77. The number of nitrogens with zero attached hydrogens (tertiary/aromatic N) is 3. The van der Waals surface area contributed by atoms with Crippen LogP contribution in [0.15, 0.2) is 24.4 Å². The van der Waals surface area contributed by atoms with Crippen LogP contribution in [0.1, 0.15) is 35.6 Å². The molecule has 0 fully saturated rings. The second-order valence-corrected chi connectivity index (χ2v) is 5.77. The number of hydrogen-bond donors (Lipinski definition) is 2. The van der Waals surface area contributed by atoms with E-state index < -0.39 is 6.10 Å². The molecule has 0 aromatic carbocycles. The van der Waals surface area contributed by atoms with Gasteiger partial charge in [0, 0.05) is 18.4 Å². The summed E-state index contributed by atoms with van der Waals surface area (Å²) < 4.78 is 1.74. The molecule has 0 saturated carbocycles. The lowest BCUT2D eigenvalue weighted by Crippen LogP contribution is -2.34. The third-order valence-electron chi connectivity index (χ3n) is 3.48. The quantitative estimate of drug-likeness (QED) is 0.880. The molecule has 6 nitrogen and oxygen atoms in total. The zero-order chi connectivity index (χ0) is 16.3. The maximum atomic E-state index is 12.0. The van der Waals surface area contributed by atoms with E-state index in [9.17, 15) is 9.90 Å². The van der Waals surface area contributed by atoms with E-state index in [1.54, 1.807) is 16.8 Å². The molecule has 0 saturated heterocycles. The van der Waals surface area contributed by atoms with Crippen LogP contribution in [0, 0.1) is 19.8 Å². The Balaban J connectivity index is 2.05. The van der Waals surface area contributed by atoms with Crippen molar-refractivity contribution in [2.24, 2.45) is 5.92 Å². The Morgan fingerprint density at radius 2 is 2.09 bits per heavy atom. The van der Waals surface area contributed by atoms with E-state index in [1.807, 2.05) is 33.8 Å². The highest BCUT2D eigenvalue weighted by Gasteiger charge is 2.13. The largest absolute Gasteiger partial charge is 0.391 e. The number of rotatable bonds is 5. The monoisotopic (exact) mass is 302 g/mol. The highest BCUT2D eigenvalue weighted by atomic mass is 16.3. The van der Waals surface area contributed by atoms with Crippen molar-refractivity contribution in [2.75, 3.05) is 6.54 Å². The minimum Gasteiger partial charge on any atom is -0.391 e. The number of carbonyl (C=O) groups excluding carboxylic acids is 1. The summed E-state index contributed by atoms with van der Waals surface area (Å²) in [7, 11) is 0. The van der Waals surface area contributed by atoms with Crippen LogP contribution in [0.25, 0.3) is 5.82 Å². The number of aliphatic hydroxyl groups is 1. The summed E-state index contributed by atoms with van der Waals surface area (Å²) in [5.74, 6) is 0.531. The Kier molecular flexibility index (Phi) is 4.92. The first kappa shape index (κ1) is 16.2. The van der Waals surface area contributed by atoms with Gasteiger partial charge in [0.25, 0.3) is 5.91 Å². The summed E-state index contributed by atoms with van der Waals surface area (Å²) in [5.41, 5.74) is 2.37. The first-order valence-corrected chi connectivity index (χ1v) is 7.34. The number of aryl methyl sites for hydroxylation is 2. The molecule has 6 heteroatoms. The topological polar surface area (TPSA) is 80.0 Å². The van der Waals surface area contributed by atoms with E-state index >= 15 is 0 Å². The molecule has 2 aromatic heterocycles. The minimum absolute atomic E-state index is 0.104. The molecule has 2 heterocycles. The molecule has 118 valence electrons. The first-order valence-electron chi connectivity index (χ1n) is 7.34. The first-order chi connectivity index (χ1) is 10.4. The van der Waals surface area contributed by atoms with Crippen LogP contribution < -0.4 is 5.32 Å². The summed E-state index contributed by atoms with van der Waals surface area (Å²) in [6, 6.07) is 5.43. The molecule has 1 amide bonds. The van der Waals surface area contributed by atoms with E-state index in [0.717, 1.165) is 11.4 Å². The number of pyridine rings is 1. The molecule has 2 rings (SSSR count). The molecule has 1 atom stereocenters. The normalized spacial score (nSPS) is 12.5. The third kappa shape index (κ3) is 3.71. The summed E-state index contributed by atoms with van der Waals surface area (Å²) in [6.07, 6.45) is 0.967. The number of aromatic nitrogens is 3. The number of carbonyl (C=O) groups is 1. The van der Waals surface area contributed by atoms with Crippen LogP contribution in [0.5, 0.6) is 0 Å². The van der Waals surface area contributed by atoms with Crippen LogP contribution in [0.4, 0.5) is 0 Å². The highest BCUT2D eigenvalue weighted by molar-refractivity contribution is 5.93. The molecule has 22 heavy (non-hydrogen) atoms. The number of hydrogen-bond acceptors (Lipinski definition) is 4. The van der Waals surface area contributed by atoms with Gasteiger partial charge in [0.2, 0.25) is 0 Å². The lowest BCUT2D eigenvalue weighted by atomic mass is 10.1. The van der Waals surface area contributed by atoms with Crippen LogP contribution >= 0.6 is 0 Å². The van der Waals surface area contributed by atoms with Gasteiger partial charge in [-0.25, -0.2) is 9.67 Å². The van der Waals surface area contributed by atoms with Crippen LogP contribution in [-0.2, 0) is 0 Å². The standard InChI is InChI=1S/C16H22N4O2/c1-10(2)14(21)9-18-16(22)13-5-6-15(17-8-13)20-12(4)7-11(3)19-20/h5-8,10,14,21H,9H2,1-4H3,(H,18,22). The van der Waals surface area contributed by atoms with Crippen molar-refractivity contribution in [3.63, 3.8) is 0 Å². The molecule has 2 aromatic rings. The van der Waals surface area contributed by atoms with Crippen LogP contribution in [0.2, 0.25) is 0 Å². The maximum Gasteiger partial charge on any atom is 0.252 e. The summed E-state index contributed by atoms with van der Waals surface area (Å²) >= 11 is 0. The summed E-state index contributed by atoms with van der Waals surface area (Å²) in [6.45, 7) is 7.92. The Labute approximate surface area is 130 Å². The lowest BCUT2D eigenvalue weighted by molar-refractivity contribution is 0.0871. The smallest absolute Gasteiger partial charge is 0.252 e.